The Labute approximate surface area is 107 Å². The number of carbonyl (C=O) groups excluding carboxylic acids is 1. The first-order chi connectivity index (χ1) is 8.15. The highest BCUT2D eigenvalue weighted by molar-refractivity contribution is 7.98. The highest BCUT2D eigenvalue weighted by Gasteiger charge is 2.15. The summed E-state index contributed by atoms with van der Waals surface area (Å²) in [6.07, 6.45) is 8.43. The van der Waals surface area contributed by atoms with Gasteiger partial charge in [-0.3, -0.25) is 14.8 Å². The van der Waals surface area contributed by atoms with Crippen molar-refractivity contribution in [2.24, 2.45) is 0 Å². The lowest BCUT2D eigenvalue weighted by atomic mass is 10.1. The van der Waals surface area contributed by atoms with Crippen LogP contribution in [0.25, 0.3) is 0 Å². The van der Waals surface area contributed by atoms with Crippen LogP contribution in [0.1, 0.15) is 19.0 Å². The standard InChI is InChI=1S/C12H19N3OS/c1-10(8-11-9-13-5-6-14-11)15(2)12(16)4-7-17-3/h5-6,9-10H,4,7-8H2,1-3H3/t10-/m1/s1. The lowest BCUT2D eigenvalue weighted by molar-refractivity contribution is -0.131. The van der Waals surface area contributed by atoms with Gasteiger partial charge in [0, 0.05) is 50.3 Å². The highest BCUT2D eigenvalue weighted by Crippen LogP contribution is 2.07. The lowest BCUT2D eigenvalue weighted by Gasteiger charge is -2.24. The molecule has 17 heavy (non-hydrogen) atoms. The summed E-state index contributed by atoms with van der Waals surface area (Å²) < 4.78 is 0. The molecule has 0 fully saturated rings. The van der Waals surface area contributed by atoms with Crippen molar-refractivity contribution in [1.29, 1.82) is 0 Å². The molecule has 1 aromatic rings. The van der Waals surface area contributed by atoms with Gasteiger partial charge in [-0.15, -0.1) is 0 Å². The molecule has 0 aromatic carbocycles. The van der Waals surface area contributed by atoms with Crippen LogP contribution in [0.3, 0.4) is 0 Å². The van der Waals surface area contributed by atoms with E-state index in [1.54, 1.807) is 35.3 Å². The van der Waals surface area contributed by atoms with Crippen molar-refractivity contribution in [3.8, 4) is 0 Å². The van der Waals surface area contributed by atoms with Crippen molar-refractivity contribution in [2.75, 3.05) is 19.1 Å². The average molecular weight is 253 g/mol. The fraction of sp³-hybridized carbons (Fsp3) is 0.583. The molecule has 0 unspecified atom stereocenters. The Morgan fingerprint density at radius 1 is 1.53 bits per heavy atom. The molecule has 1 heterocycles. The van der Waals surface area contributed by atoms with E-state index in [1.807, 2.05) is 20.2 Å². The Hall–Kier alpha value is -1.10. The van der Waals surface area contributed by atoms with E-state index >= 15 is 0 Å². The Balaban J connectivity index is 2.46. The van der Waals surface area contributed by atoms with Crippen molar-refractivity contribution in [3.05, 3.63) is 24.3 Å². The number of carbonyl (C=O) groups is 1. The average Bonchev–Trinajstić information content (AvgIpc) is 2.36. The van der Waals surface area contributed by atoms with E-state index in [2.05, 4.69) is 9.97 Å². The largest absolute Gasteiger partial charge is 0.343 e. The smallest absolute Gasteiger partial charge is 0.223 e. The second-order valence-electron chi connectivity index (χ2n) is 4.00. The first-order valence-corrected chi connectivity index (χ1v) is 7.04. The zero-order chi connectivity index (χ0) is 12.7. The molecule has 5 heteroatoms. The zero-order valence-electron chi connectivity index (χ0n) is 10.6. The Bertz CT molecular complexity index is 345. The first-order valence-electron chi connectivity index (χ1n) is 5.64. The minimum atomic E-state index is 0.154. The number of likely N-dealkylation sites (N-methyl/N-ethyl adjacent to an activating group) is 1. The van der Waals surface area contributed by atoms with Gasteiger partial charge in [-0.25, -0.2) is 0 Å². The maximum absolute atomic E-state index is 11.8. The molecule has 1 atom stereocenters. The highest BCUT2D eigenvalue weighted by atomic mass is 32.2. The molecule has 1 aromatic heterocycles. The van der Waals surface area contributed by atoms with Gasteiger partial charge < -0.3 is 4.90 Å². The fourth-order valence-corrected chi connectivity index (χ4v) is 1.87. The van der Waals surface area contributed by atoms with Crippen molar-refractivity contribution in [1.82, 2.24) is 14.9 Å². The van der Waals surface area contributed by atoms with Gasteiger partial charge >= 0.3 is 0 Å². The topological polar surface area (TPSA) is 46.1 Å². The summed E-state index contributed by atoms with van der Waals surface area (Å²) in [6, 6.07) is 0.154. The number of hydrogen-bond acceptors (Lipinski definition) is 4. The monoisotopic (exact) mass is 253 g/mol. The second kappa shape index (κ2) is 7.27. The van der Waals surface area contributed by atoms with Crippen LogP contribution in [0.2, 0.25) is 0 Å². The number of rotatable bonds is 6. The van der Waals surface area contributed by atoms with Gasteiger partial charge in [-0.05, 0) is 13.2 Å². The van der Waals surface area contributed by atoms with E-state index in [0.29, 0.717) is 6.42 Å². The van der Waals surface area contributed by atoms with Gasteiger partial charge in [-0.1, -0.05) is 0 Å². The van der Waals surface area contributed by atoms with Crippen LogP contribution in [0.15, 0.2) is 18.6 Å². The molecule has 0 N–H and O–H groups in total. The molecule has 0 bridgehead atoms. The third kappa shape index (κ3) is 4.73. The number of aromatic nitrogens is 2. The Kier molecular flexibility index (Phi) is 5.97. The zero-order valence-corrected chi connectivity index (χ0v) is 11.4. The van der Waals surface area contributed by atoms with Gasteiger partial charge in [0.15, 0.2) is 0 Å². The van der Waals surface area contributed by atoms with Crippen LogP contribution in [0.5, 0.6) is 0 Å². The summed E-state index contributed by atoms with van der Waals surface area (Å²) in [5, 5.41) is 0. The summed E-state index contributed by atoms with van der Waals surface area (Å²) >= 11 is 1.69. The maximum Gasteiger partial charge on any atom is 0.223 e. The van der Waals surface area contributed by atoms with Crippen LogP contribution in [-0.4, -0.2) is 45.9 Å². The Morgan fingerprint density at radius 3 is 2.88 bits per heavy atom. The summed E-state index contributed by atoms with van der Waals surface area (Å²) in [5.41, 5.74) is 0.921. The van der Waals surface area contributed by atoms with Gasteiger partial charge in [0.2, 0.25) is 5.91 Å². The lowest BCUT2D eigenvalue weighted by Crippen LogP contribution is -2.36. The van der Waals surface area contributed by atoms with E-state index < -0.39 is 0 Å². The van der Waals surface area contributed by atoms with Crippen molar-refractivity contribution >= 4 is 17.7 Å². The predicted molar refractivity (Wildman–Crippen MR) is 71.0 cm³/mol. The second-order valence-corrected chi connectivity index (χ2v) is 4.98. The summed E-state index contributed by atoms with van der Waals surface area (Å²) in [7, 11) is 1.85. The van der Waals surface area contributed by atoms with Crippen LogP contribution < -0.4 is 0 Å². The molecule has 0 saturated carbocycles. The molecule has 0 aliphatic rings. The fourth-order valence-electron chi connectivity index (χ4n) is 1.49. The van der Waals surface area contributed by atoms with E-state index in [1.165, 1.54) is 0 Å². The van der Waals surface area contributed by atoms with Crippen molar-refractivity contribution in [2.45, 2.75) is 25.8 Å². The van der Waals surface area contributed by atoms with Gasteiger partial charge in [0.05, 0.1) is 5.69 Å². The third-order valence-electron chi connectivity index (χ3n) is 2.70. The maximum atomic E-state index is 11.8. The molecule has 1 amide bonds. The predicted octanol–water partition coefficient (Wildman–Crippen LogP) is 1.62. The number of amides is 1. The van der Waals surface area contributed by atoms with Crippen LogP contribution in [0, 0.1) is 0 Å². The normalized spacial score (nSPS) is 12.2. The number of nitrogens with zero attached hydrogens (tertiary/aromatic N) is 3. The summed E-state index contributed by atoms with van der Waals surface area (Å²) in [5.74, 6) is 1.07. The van der Waals surface area contributed by atoms with E-state index in [-0.39, 0.29) is 11.9 Å². The van der Waals surface area contributed by atoms with Gasteiger partial charge in [0.1, 0.15) is 0 Å². The van der Waals surface area contributed by atoms with Gasteiger partial charge in [0.25, 0.3) is 0 Å². The molecule has 0 aliphatic heterocycles. The van der Waals surface area contributed by atoms with Crippen LogP contribution in [-0.2, 0) is 11.2 Å². The minimum Gasteiger partial charge on any atom is -0.343 e. The summed E-state index contributed by atoms with van der Waals surface area (Å²) in [4.78, 5) is 21.8. The van der Waals surface area contributed by atoms with Gasteiger partial charge in [-0.2, -0.15) is 11.8 Å². The van der Waals surface area contributed by atoms with Crippen LogP contribution >= 0.6 is 11.8 Å². The minimum absolute atomic E-state index is 0.154. The SMILES string of the molecule is CSCCC(=O)N(C)[C@H](C)Cc1cnccn1. The quantitative estimate of drug-likeness (QED) is 0.773. The number of thioether (sulfide) groups is 1. The molecule has 4 nitrogen and oxygen atoms in total. The molecule has 0 radical (unpaired) electrons. The first kappa shape index (κ1) is 14.0. The van der Waals surface area contributed by atoms with E-state index in [4.69, 9.17) is 0 Å². The van der Waals surface area contributed by atoms with Crippen LogP contribution in [0.4, 0.5) is 0 Å². The number of hydrogen-bond donors (Lipinski definition) is 0. The van der Waals surface area contributed by atoms with Crippen molar-refractivity contribution in [3.63, 3.8) is 0 Å². The van der Waals surface area contributed by atoms with E-state index in [0.717, 1.165) is 17.9 Å². The summed E-state index contributed by atoms with van der Waals surface area (Å²) in [6.45, 7) is 2.03. The molecule has 1 rings (SSSR count). The molecule has 0 spiro atoms. The Morgan fingerprint density at radius 2 is 2.29 bits per heavy atom. The van der Waals surface area contributed by atoms with E-state index in [9.17, 15) is 4.79 Å². The van der Waals surface area contributed by atoms with Crippen molar-refractivity contribution < 1.29 is 4.79 Å². The third-order valence-corrected chi connectivity index (χ3v) is 3.31. The molecule has 0 aliphatic carbocycles. The molecule has 94 valence electrons. The molecular formula is C12H19N3OS. The molecule has 0 saturated heterocycles. The molecular weight excluding hydrogens is 234 g/mol.